The van der Waals surface area contributed by atoms with E-state index in [0.717, 1.165) is 23.4 Å². The van der Waals surface area contributed by atoms with Crippen LogP contribution in [0.3, 0.4) is 0 Å². The van der Waals surface area contributed by atoms with Gasteiger partial charge in [-0.1, -0.05) is 37.8 Å². The molecule has 3 rings (SSSR count). The summed E-state index contributed by atoms with van der Waals surface area (Å²) < 4.78 is 0. The molecule has 1 aromatic rings. The molecule has 0 radical (unpaired) electrons. The van der Waals surface area contributed by atoms with Crippen molar-refractivity contribution in [3.05, 3.63) is 24.3 Å². The van der Waals surface area contributed by atoms with Crippen molar-refractivity contribution in [3.63, 3.8) is 0 Å². The summed E-state index contributed by atoms with van der Waals surface area (Å²) in [6.45, 7) is 1.52. The van der Waals surface area contributed by atoms with Crippen molar-refractivity contribution in [2.45, 2.75) is 61.6 Å². The first-order valence-corrected chi connectivity index (χ1v) is 8.65. The molecule has 2 aliphatic rings. The fraction of sp³-hybridized carbons (Fsp3) is 0.529. The summed E-state index contributed by atoms with van der Waals surface area (Å²) in [4.78, 5) is 27.7. The Kier molecular flexibility index (Phi) is 4.34. The van der Waals surface area contributed by atoms with E-state index in [2.05, 4.69) is 0 Å². The van der Waals surface area contributed by atoms with Crippen molar-refractivity contribution in [1.82, 2.24) is 0 Å². The highest BCUT2D eigenvalue weighted by Crippen LogP contribution is 2.42. The normalized spacial score (nSPS) is 23.6. The lowest BCUT2D eigenvalue weighted by atomic mass is 10.0. The predicted molar refractivity (Wildman–Crippen MR) is 85.7 cm³/mol. The molecule has 0 spiro atoms. The summed E-state index contributed by atoms with van der Waals surface area (Å²) in [5.41, 5.74) is 0.997. The van der Waals surface area contributed by atoms with Gasteiger partial charge in [0.15, 0.2) is 5.78 Å². The number of Topliss-reactive ketones (excluding diaryl/α,β-unsaturated/α-hetero) is 1. The second kappa shape index (κ2) is 6.22. The average molecular weight is 303 g/mol. The number of fused-ring (bicyclic) bond motifs is 1. The molecule has 0 N–H and O–H groups in total. The van der Waals surface area contributed by atoms with E-state index in [0.29, 0.717) is 0 Å². The second-order valence-corrected chi connectivity index (χ2v) is 7.08. The Morgan fingerprint density at radius 2 is 1.81 bits per heavy atom. The maximum Gasteiger partial charge on any atom is 0.248 e. The average Bonchev–Trinajstić information content (AvgIpc) is 2.75. The van der Waals surface area contributed by atoms with Crippen LogP contribution in [0, 0.1) is 0 Å². The van der Waals surface area contributed by atoms with Crippen LogP contribution in [0.2, 0.25) is 0 Å². The Hall–Kier alpha value is -1.29. The van der Waals surface area contributed by atoms with Gasteiger partial charge >= 0.3 is 0 Å². The lowest BCUT2D eigenvalue weighted by Gasteiger charge is -2.38. The van der Waals surface area contributed by atoms with Crippen LogP contribution in [-0.4, -0.2) is 23.0 Å². The van der Waals surface area contributed by atoms with Gasteiger partial charge in [-0.05, 0) is 31.9 Å². The standard InChI is InChI=1S/C17H21NO2S/c1-12(19)16-17(20)18(13-8-4-2-3-5-9-13)14-10-6-7-11-15(14)21-16/h6-7,10-11,13,16H,2-5,8-9H2,1H3. The number of amides is 1. The molecule has 1 aliphatic carbocycles. The van der Waals surface area contributed by atoms with Crippen molar-refractivity contribution in [2.75, 3.05) is 4.90 Å². The number of ketones is 1. The first-order valence-electron chi connectivity index (χ1n) is 7.77. The van der Waals surface area contributed by atoms with E-state index in [1.165, 1.54) is 44.4 Å². The predicted octanol–water partition coefficient (Wildman–Crippen LogP) is 3.81. The quantitative estimate of drug-likeness (QED) is 0.616. The monoisotopic (exact) mass is 303 g/mol. The van der Waals surface area contributed by atoms with Gasteiger partial charge in [-0.15, -0.1) is 11.8 Å². The molecule has 1 fully saturated rings. The van der Waals surface area contributed by atoms with Gasteiger partial charge in [-0.3, -0.25) is 9.59 Å². The highest BCUT2D eigenvalue weighted by atomic mass is 32.2. The van der Waals surface area contributed by atoms with Gasteiger partial charge in [0.25, 0.3) is 0 Å². The van der Waals surface area contributed by atoms with Crippen LogP contribution in [0.5, 0.6) is 0 Å². The number of rotatable bonds is 2. The van der Waals surface area contributed by atoms with E-state index in [-0.39, 0.29) is 17.7 Å². The summed E-state index contributed by atoms with van der Waals surface area (Å²) in [7, 11) is 0. The fourth-order valence-corrected chi connectivity index (χ4v) is 4.41. The Labute approximate surface area is 130 Å². The summed E-state index contributed by atoms with van der Waals surface area (Å²) in [6.07, 6.45) is 6.96. The van der Waals surface area contributed by atoms with Gasteiger partial charge in [0.2, 0.25) is 5.91 Å². The second-order valence-electron chi connectivity index (χ2n) is 5.93. The first kappa shape index (κ1) is 14.6. The lowest BCUT2D eigenvalue weighted by molar-refractivity contribution is -0.125. The summed E-state index contributed by atoms with van der Waals surface area (Å²) in [5.74, 6) is -0.0591. The molecule has 0 bridgehead atoms. The molecule has 1 aromatic carbocycles. The molecule has 1 atom stereocenters. The largest absolute Gasteiger partial charge is 0.307 e. The van der Waals surface area contributed by atoms with Gasteiger partial charge in [0.1, 0.15) is 5.25 Å². The van der Waals surface area contributed by atoms with Crippen molar-refractivity contribution >= 4 is 29.1 Å². The van der Waals surface area contributed by atoms with Crippen LogP contribution < -0.4 is 4.90 Å². The van der Waals surface area contributed by atoms with E-state index in [1.807, 2.05) is 29.2 Å². The Bertz CT molecular complexity index is 549. The highest BCUT2D eigenvalue weighted by Gasteiger charge is 2.39. The molecule has 1 amide bonds. The third-order valence-corrected chi connectivity index (χ3v) is 5.76. The first-order chi connectivity index (χ1) is 10.2. The molecule has 112 valence electrons. The maximum absolute atomic E-state index is 12.8. The lowest BCUT2D eigenvalue weighted by Crippen LogP contribution is -2.49. The minimum Gasteiger partial charge on any atom is -0.307 e. The van der Waals surface area contributed by atoms with E-state index in [4.69, 9.17) is 0 Å². The Morgan fingerprint density at radius 1 is 1.14 bits per heavy atom. The molecule has 0 saturated heterocycles. The number of hydrogen-bond acceptors (Lipinski definition) is 3. The van der Waals surface area contributed by atoms with E-state index in [9.17, 15) is 9.59 Å². The topological polar surface area (TPSA) is 37.4 Å². The van der Waals surface area contributed by atoms with Crippen molar-refractivity contribution < 1.29 is 9.59 Å². The van der Waals surface area contributed by atoms with Crippen LogP contribution in [0.25, 0.3) is 0 Å². The Morgan fingerprint density at radius 3 is 2.48 bits per heavy atom. The zero-order valence-corrected chi connectivity index (χ0v) is 13.2. The number of hydrogen-bond donors (Lipinski definition) is 0. The number of anilines is 1. The van der Waals surface area contributed by atoms with Crippen molar-refractivity contribution in [2.24, 2.45) is 0 Å². The molecule has 3 nitrogen and oxygen atoms in total. The third kappa shape index (κ3) is 2.86. The minimum absolute atomic E-state index is 0.0156. The number of carbonyl (C=O) groups is 2. The molecule has 1 unspecified atom stereocenters. The van der Waals surface area contributed by atoms with Gasteiger partial charge in [0, 0.05) is 10.9 Å². The van der Waals surface area contributed by atoms with Gasteiger partial charge < -0.3 is 4.90 Å². The highest BCUT2D eigenvalue weighted by molar-refractivity contribution is 8.01. The number of carbonyl (C=O) groups excluding carboxylic acids is 2. The van der Waals surface area contributed by atoms with Crippen LogP contribution in [0.15, 0.2) is 29.2 Å². The SMILES string of the molecule is CC(=O)C1Sc2ccccc2N(C2CCCCCC2)C1=O. The van der Waals surface area contributed by atoms with Crippen molar-refractivity contribution in [3.8, 4) is 0 Å². The summed E-state index contributed by atoms with van der Waals surface area (Å²) in [5, 5.41) is -0.567. The molecule has 1 saturated carbocycles. The van der Waals surface area contributed by atoms with E-state index >= 15 is 0 Å². The molecular weight excluding hydrogens is 282 g/mol. The summed E-state index contributed by atoms with van der Waals surface area (Å²) >= 11 is 1.41. The Balaban J connectivity index is 1.99. The molecule has 0 aromatic heterocycles. The smallest absolute Gasteiger partial charge is 0.248 e. The zero-order valence-electron chi connectivity index (χ0n) is 12.4. The number of benzene rings is 1. The third-order valence-electron chi connectivity index (χ3n) is 4.39. The van der Waals surface area contributed by atoms with Gasteiger partial charge in [-0.2, -0.15) is 0 Å². The maximum atomic E-state index is 12.8. The zero-order chi connectivity index (χ0) is 14.8. The summed E-state index contributed by atoms with van der Waals surface area (Å²) in [6, 6.07) is 8.24. The molecule has 1 heterocycles. The fourth-order valence-electron chi connectivity index (χ4n) is 3.33. The van der Waals surface area contributed by atoms with E-state index < -0.39 is 5.25 Å². The van der Waals surface area contributed by atoms with Crippen molar-refractivity contribution in [1.29, 1.82) is 0 Å². The number of thioether (sulfide) groups is 1. The van der Waals surface area contributed by atoms with E-state index in [1.54, 1.807) is 0 Å². The van der Waals surface area contributed by atoms with Crippen LogP contribution >= 0.6 is 11.8 Å². The number of nitrogens with zero attached hydrogens (tertiary/aromatic N) is 1. The molecule has 1 aliphatic heterocycles. The number of para-hydroxylation sites is 1. The molecule has 21 heavy (non-hydrogen) atoms. The molecular formula is C17H21NO2S. The minimum atomic E-state index is -0.567. The van der Waals surface area contributed by atoms with Crippen LogP contribution in [0.4, 0.5) is 5.69 Å². The van der Waals surface area contributed by atoms with Crippen LogP contribution in [0.1, 0.15) is 45.4 Å². The van der Waals surface area contributed by atoms with Gasteiger partial charge in [0.05, 0.1) is 5.69 Å². The molecule has 4 heteroatoms. The van der Waals surface area contributed by atoms with Crippen LogP contribution in [-0.2, 0) is 9.59 Å². The van der Waals surface area contributed by atoms with Gasteiger partial charge in [-0.25, -0.2) is 0 Å².